The minimum Gasteiger partial charge on any atom is -0.313 e. The van der Waals surface area contributed by atoms with E-state index in [2.05, 4.69) is 10.3 Å². The molecule has 2 heterocycles. The Morgan fingerprint density at radius 2 is 2.53 bits per heavy atom. The number of thiazole rings is 1. The fraction of sp³-hybridized carbons (Fsp3) is 0.700. The lowest BCUT2D eigenvalue weighted by Gasteiger charge is -2.22. The van der Waals surface area contributed by atoms with E-state index < -0.39 is 10.8 Å². The third-order valence-electron chi connectivity index (χ3n) is 2.59. The number of hydrogen-bond donors (Lipinski definition) is 1. The lowest BCUT2D eigenvalue weighted by atomic mass is 10.1. The van der Waals surface area contributed by atoms with Gasteiger partial charge in [-0.25, -0.2) is 0 Å². The van der Waals surface area contributed by atoms with Gasteiger partial charge in [-0.15, -0.1) is 11.3 Å². The summed E-state index contributed by atoms with van der Waals surface area (Å²) >= 11 is 1.59. The molecule has 0 unspecified atom stereocenters. The van der Waals surface area contributed by atoms with Gasteiger partial charge in [0.05, 0.1) is 11.3 Å². The molecule has 1 saturated heterocycles. The smallest absolute Gasteiger partial charge is 0.0794 e. The molecule has 1 N–H and O–H groups in total. The van der Waals surface area contributed by atoms with Crippen molar-refractivity contribution in [3.63, 3.8) is 0 Å². The summed E-state index contributed by atoms with van der Waals surface area (Å²) in [6.45, 7) is 1.09. The molecule has 1 aromatic heterocycles. The van der Waals surface area contributed by atoms with Crippen molar-refractivity contribution in [1.29, 1.82) is 0 Å². The highest BCUT2D eigenvalue weighted by atomic mass is 32.2. The number of rotatable bonds is 4. The number of piperidine rings is 1. The van der Waals surface area contributed by atoms with Crippen LogP contribution in [0, 0.1) is 0 Å². The molecule has 2 rings (SSSR count). The van der Waals surface area contributed by atoms with Crippen molar-refractivity contribution in [3.8, 4) is 0 Å². The zero-order valence-electron chi connectivity index (χ0n) is 8.65. The van der Waals surface area contributed by atoms with Crippen LogP contribution in [0.5, 0.6) is 0 Å². The maximum absolute atomic E-state index is 11.8. The fourth-order valence-corrected chi connectivity index (χ4v) is 4.11. The van der Waals surface area contributed by atoms with E-state index >= 15 is 0 Å². The monoisotopic (exact) mass is 244 g/mol. The summed E-state index contributed by atoms with van der Waals surface area (Å²) in [5.41, 5.74) is 1.80. The summed E-state index contributed by atoms with van der Waals surface area (Å²) in [4.78, 5) is 5.12. The van der Waals surface area contributed by atoms with Gasteiger partial charge in [-0.1, -0.05) is 6.42 Å². The first-order valence-electron chi connectivity index (χ1n) is 5.30. The Morgan fingerprint density at radius 1 is 1.60 bits per heavy atom. The van der Waals surface area contributed by atoms with Crippen LogP contribution in [0.3, 0.4) is 0 Å². The molecule has 15 heavy (non-hydrogen) atoms. The molecule has 5 heteroatoms. The van der Waals surface area contributed by atoms with Gasteiger partial charge >= 0.3 is 0 Å². The van der Waals surface area contributed by atoms with Crippen LogP contribution in [-0.2, 0) is 16.6 Å². The molecule has 0 aromatic carbocycles. The Labute approximate surface area is 96.8 Å². The third kappa shape index (κ3) is 3.66. The summed E-state index contributed by atoms with van der Waals surface area (Å²) < 4.78 is 11.8. The molecule has 1 aromatic rings. The molecular formula is C10H16N2OS2. The van der Waals surface area contributed by atoms with Gasteiger partial charge in [-0.05, 0) is 19.4 Å². The number of nitrogens with zero attached hydrogens (tertiary/aromatic N) is 1. The highest BCUT2D eigenvalue weighted by Gasteiger charge is 2.15. The Balaban J connectivity index is 1.76. The summed E-state index contributed by atoms with van der Waals surface area (Å²) in [5, 5.41) is 3.42. The predicted octanol–water partition coefficient (Wildman–Crippen LogP) is 1.53. The summed E-state index contributed by atoms with van der Waals surface area (Å²) in [5.74, 6) is 1.46. The van der Waals surface area contributed by atoms with Crippen LogP contribution in [0.2, 0.25) is 0 Å². The van der Waals surface area contributed by atoms with Crippen LogP contribution in [0.15, 0.2) is 11.7 Å². The second-order valence-electron chi connectivity index (χ2n) is 3.87. The Morgan fingerprint density at radius 3 is 3.20 bits per heavy atom. The van der Waals surface area contributed by atoms with Crippen LogP contribution in [-0.4, -0.2) is 27.5 Å². The number of hydrogen-bond acceptors (Lipinski definition) is 4. The first-order chi connectivity index (χ1) is 7.34. The van der Waals surface area contributed by atoms with Gasteiger partial charge in [-0.3, -0.25) is 9.19 Å². The van der Waals surface area contributed by atoms with Crippen LogP contribution in [0.1, 0.15) is 24.1 Å². The van der Waals surface area contributed by atoms with Gasteiger partial charge in [0.1, 0.15) is 0 Å². The fourth-order valence-electron chi connectivity index (χ4n) is 1.82. The van der Waals surface area contributed by atoms with Gasteiger partial charge in [0, 0.05) is 33.7 Å². The van der Waals surface area contributed by atoms with E-state index in [0.717, 1.165) is 17.2 Å². The van der Waals surface area contributed by atoms with E-state index in [1.165, 1.54) is 19.3 Å². The highest BCUT2D eigenvalue weighted by molar-refractivity contribution is 7.84. The van der Waals surface area contributed by atoms with Crippen molar-refractivity contribution < 1.29 is 4.21 Å². The molecule has 3 nitrogen and oxygen atoms in total. The maximum Gasteiger partial charge on any atom is 0.0794 e. The third-order valence-corrected chi connectivity index (χ3v) is 4.96. The van der Waals surface area contributed by atoms with Gasteiger partial charge in [0.15, 0.2) is 0 Å². The largest absolute Gasteiger partial charge is 0.313 e. The van der Waals surface area contributed by atoms with Gasteiger partial charge in [0.2, 0.25) is 0 Å². The molecule has 0 spiro atoms. The predicted molar refractivity (Wildman–Crippen MR) is 64.5 cm³/mol. The van der Waals surface area contributed by atoms with Crippen molar-refractivity contribution in [3.05, 3.63) is 16.6 Å². The summed E-state index contributed by atoms with van der Waals surface area (Å²) in [6.07, 6.45) is 5.53. The summed E-state index contributed by atoms with van der Waals surface area (Å²) in [6, 6.07) is 0.465. The second-order valence-corrected chi connectivity index (χ2v) is 6.34. The van der Waals surface area contributed by atoms with E-state index in [9.17, 15) is 4.21 Å². The van der Waals surface area contributed by atoms with Crippen molar-refractivity contribution in [2.24, 2.45) is 0 Å². The number of nitrogens with one attached hydrogen (secondary N) is 1. The van der Waals surface area contributed by atoms with E-state index in [-0.39, 0.29) is 0 Å². The van der Waals surface area contributed by atoms with Gasteiger partial charge in [-0.2, -0.15) is 0 Å². The molecule has 1 aliphatic heterocycles. The SMILES string of the molecule is O=[S@](Cc1cncs1)C[C@@H]1CCCCN1. The molecule has 2 atom stereocenters. The molecule has 1 aliphatic rings. The van der Waals surface area contributed by atoms with Crippen LogP contribution in [0.25, 0.3) is 0 Å². The zero-order chi connectivity index (χ0) is 10.5. The van der Waals surface area contributed by atoms with Crippen molar-refractivity contribution in [2.75, 3.05) is 12.3 Å². The average Bonchev–Trinajstić information content (AvgIpc) is 2.71. The first kappa shape index (κ1) is 11.2. The molecule has 0 radical (unpaired) electrons. The van der Waals surface area contributed by atoms with E-state index in [1.807, 2.05) is 6.20 Å². The topological polar surface area (TPSA) is 42.0 Å². The quantitative estimate of drug-likeness (QED) is 0.873. The molecule has 0 bridgehead atoms. The molecular weight excluding hydrogens is 228 g/mol. The minimum absolute atomic E-state index is 0.465. The second kappa shape index (κ2) is 5.72. The van der Waals surface area contributed by atoms with E-state index in [4.69, 9.17) is 0 Å². The highest BCUT2D eigenvalue weighted by Crippen LogP contribution is 2.12. The summed E-state index contributed by atoms with van der Waals surface area (Å²) in [7, 11) is -0.739. The molecule has 0 saturated carbocycles. The maximum atomic E-state index is 11.8. The van der Waals surface area contributed by atoms with E-state index in [0.29, 0.717) is 11.8 Å². The van der Waals surface area contributed by atoms with Crippen LogP contribution >= 0.6 is 11.3 Å². The standard InChI is InChI=1S/C10H16N2OS2/c13-15(7-10-5-11-8-14-10)6-9-3-1-2-4-12-9/h5,8-9,12H,1-4,6-7H2/t9-,15-/m0/s1. The van der Waals surface area contributed by atoms with Crippen molar-refractivity contribution in [2.45, 2.75) is 31.1 Å². The Kier molecular flexibility index (Phi) is 4.29. The van der Waals surface area contributed by atoms with E-state index in [1.54, 1.807) is 16.8 Å². The average molecular weight is 244 g/mol. The van der Waals surface area contributed by atoms with Crippen molar-refractivity contribution in [1.82, 2.24) is 10.3 Å². The molecule has 1 fully saturated rings. The molecule has 0 aliphatic carbocycles. The molecule has 0 amide bonds. The first-order valence-corrected chi connectivity index (χ1v) is 7.67. The lowest BCUT2D eigenvalue weighted by Crippen LogP contribution is -2.38. The Bertz CT molecular complexity index is 307. The lowest BCUT2D eigenvalue weighted by molar-refractivity contribution is 0.427. The number of aromatic nitrogens is 1. The van der Waals surface area contributed by atoms with Crippen LogP contribution in [0.4, 0.5) is 0 Å². The van der Waals surface area contributed by atoms with Crippen molar-refractivity contribution >= 4 is 22.1 Å². The van der Waals surface area contributed by atoms with Gasteiger partial charge in [0.25, 0.3) is 0 Å². The Hall–Kier alpha value is -0.260. The normalized spacial score (nSPS) is 23.9. The van der Waals surface area contributed by atoms with Crippen LogP contribution < -0.4 is 5.32 Å². The minimum atomic E-state index is -0.739. The molecule has 84 valence electrons. The van der Waals surface area contributed by atoms with Gasteiger partial charge < -0.3 is 5.32 Å². The zero-order valence-corrected chi connectivity index (χ0v) is 10.3.